The van der Waals surface area contributed by atoms with Crippen molar-refractivity contribution in [1.82, 2.24) is 25.6 Å². The van der Waals surface area contributed by atoms with Crippen molar-refractivity contribution in [1.29, 1.82) is 0 Å². The van der Waals surface area contributed by atoms with Crippen LogP contribution in [-0.4, -0.2) is 26.1 Å². The quantitative estimate of drug-likeness (QED) is 0.503. The fourth-order valence-electron chi connectivity index (χ4n) is 5.99. The number of carbonyl (C=O) groups is 1. The van der Waals surface area contributed by atoms with Gasteiger partial charge in [0.25, 0.3) is 0 Å². The second-order valence-corrected chi connectivity index (χ2v) is 8.21. The number of amides is 1. The molecule has 4 aliphatic carbocycles. The minimum atomic E-state index is -0.362. The maximum Gasteiger partial charge on any atom is 0.240 e. The summed E-state index contributed by atoms with van der Waals surface area (Å²) in [5.41, 5.74) is 2.82. The van der Waals surface area contributed by atoms with E-state index < -0.39 is 0 Å². The summed E-state index contributed by atoms with van der Waals surface area (Å²) in [5, 5.41) is 13.4. The molecule has 3 N–H and O–H groups in total. The average molecular weight is 338 g/mol. The Morgan fingerprint density at radius 3 is 2.56 bits per heavy atom. The number of nitrogens with one attached hydrogen (secondary N) is 1. The lowest BCUT2D eigenvalue weighted by Gasteiger charge is -2.60. The summed E-state index contributed by atoms with van der Waals surface area (Å²) in [6.45, 7) is 0. The first kappa shape index (κ1) is 15.0. The van der Waals surface area contributed by atoms with E-state index in [-0.39, 0.29) is 16.9 Å². The van der Waals surface area contributed by atoms with Gasteiger partial charge in [0.2, 0.25) is 11.7 Å². The second-order valence-electron chi connectivity index (χ2n) is 8.21. The Bertz CT molecular complexity index is 802. The summed E-state index contributed by atoms with van der Waals surface area (Å²) in [6, 6.07) is 9.90. The number of benzene rings is 1. The molecule has 2 aromatic rings. The zero-order chi connectivity index (χ0) is 17.1. The molecule has 1 amide bonds. The molecule has 4 fully saturated rings. The van der Waals surface area contributed by atoms with Crippen LogP contribution in [0.15, 0.2) is 30.3 Å². The van der Waals surface area contributed by atoms with Crippen molar-refractivity contribution in [3.8, 4) is 11.4 Å². The van der Waals surface area contributed by atoms with Crippen LogP contribution in [0.4, 0.5) is 0 Å². The highest BCUT2D eigenvalue weighted by Gasteiger charge is 2.62. The van der Waals surface area contributed by atoms with E-state index in [0.717, 1.165) is 37.7 Å². The fraction of sp³-hybridized carbons (Fsp3) is 0.556. The highest BCUT2D eigenvalue weighted by molar-refractivity contribution is 5.82. The molecule has 4 atom stereocenters. The Morgan fingerprint density at radius 2 is 1.88 bits per heavy atom. The smallest absolute Gasteiger partial charge is 0.240 e. The molecule has 1 aromatic heterocycles. The lowest BCUT2D eigenvalue weighted by Crippen LogP contribution is -2.62. The van der Waals surface area contributed by atoms with E-state index in [2.05, 4.69) is 15.7 Å². The van der Waals surface area contributed by atoms with Gasteiger partial charge in [-0.1, -0.05) is 30.3 Å². The third-order valence-electron chi connectivity index (χ3n) is 6.51. The van der Waals surface area contributed by atoms with Crippen molar-refractivity contribution >= 4 is 5.91 Å². The third-order valence-corrected chi connectivity index (χ3v) is 6.51. The van der Waals surface area contributed by atoms with Gasteiger partial charge < -0.3 is 0 Å². The van der Waals surface area contributed by atoms with E-state index in [9.17, 15) is 4.79 Å². The molecule has 6 rings (SSSR count). The Morgan fingerprint density at radius 1 is 1.16 bits per heavy atom. The number of aromatic nitrogens is 4. The number of nitrogens with two attached hydrogens (primary N) is 1. The Hall–Kier alpha value is -2.28. The summed E-state index contributed by atoms with van der Waals surface area (Å²) < 4.78 is 0. The van der Waals surface area contributed by atoms with Crippen LogP contribution in [0.25, 0.3) is 11.4 Å². The molecular formula is C18H22N6O. The predicted octanol–water partition coefficient (Wildman–Crippen LogP) is 1.63. The molecule has 25 heavy (non-hydrogen) atoms. The van der Waals surface area contributed by atoms with Crippen LogP contribution in [0.1, 0.15) is 38.5 Å². The molecule has 4 bridgehead atoms. The molecular weight excluding hydrogens is 316 g/mol. The lowest BCUT2D eigenvalue weighted by molar-refractivity contribution is -0.157. The van der Waals surface area contributed by atoms with Crippen LogP contribution >= 0.6 is 0 Å². The van der Waals surface area contributed by atoms with E-state index >= 15 is 0 Å². The summed E-state index contributed by atoms with van der Waals surface area (Å²) in [7, 11) is 0. The van der Waals surface area contributed by atoms with Gasteiger partial charge in [-0.05, 0) is 55.6 Å². The lowest BCUT2D eigenvalue weighted by atomic mass is 9.46. The summed E-state index contributed by atoms with van der Waals surface area (Å²) >= 11 is 0. The number of hydrogen-bond donors (Lipinski definition) is 2. The molecule has 7 nitrogen and oxygen atoms in total. The number of nitrogens with zero attached hydrogens (tertiary/aromatic N) is 4. The second kappa shape index (κ2) is 5.11. The SMILES string of the molecule is NNC(=O)C12C[C@H]3C[C@@H](C1)CC(n1nnc(-c4ccccc4)n1)(C3)C2. The molecule has 2 unspecified atom stereocenters. The minimum absolute atomic E-state index is 0.0191. The van der Waals surface area contributed by atoms with E-state index in [1.807, 2.05) is 35.1 Å². The molecule has 1 heterocycles. The first-order chi connectivity index (χ1) is 12.1. The number of hydrazine groups is 1. The van der Waals surface area contributed by atoms with Gasteiger partial charge in [-0.25, -0.2) is 5.84 Å². The summed E-state index contributed by atoms with van der Waals surface area (Å²) in [5.74, 6) is 7.23. The van der Waals surface area contributed by atoms with Gasteiger partial charge >= 0.3 is 0 Å². The zero-order valence-electron chi connectivity index (χ0n) is 14.1. The highest BCUT2D eigenvalue weighted by atomic mass is 16.2. The van der Waals surface area contributed by atoms with Crippen molar-refractivity contribution in [2.75, 3.05) is 0 Å². The largest absolute Gasteiger partial charge is 0.294 e. The number of carbonyl (C=O) groups excluding carboxylic acids is 1. The maximum atomic E-state index is 12.6. The number of hydrogen-bond acceptors (Lipinski definition) is 5. The molecule has 0 aliphatic heterocycles. The Kier molecular flexibility index (Phi) is 3.07. The van der Waals surface area contributed by atoms with E-state index in [4.69, 9.17) is 10.9 Å². The van der Waals surface area contributed by atoms with Crippen molar-refractivity contribution in [3.63, 3.8) is 0 Å². The number of tetrazole rings is 1. The monoisotopic (exact) mass is 338 g/mol. The molecule has 0 radical (unpaired) electrons. The van der Waals surface area contributed by atoms with E-state index in [1.165, 1.54) is 6.42 Å². The van der Waals surface area contributed by atoms with Gasteiger partial charge in [0, 0.05) is 5.56 Å². The highest BCUT2D eigenvalue weighted by Crippen LogP contribution is 2.63. The normalized spacial score (nSPS) is 35.7. The minimum Gasteiger partial charge on any atom is -0.294 e. The first-order valence-electron chi connectivity index (χ1n) is 9.00. The Labute approximate surface area is 145 Å². The van der Waals surface area contributed by atoms with Crippen LogP contribution < -0.4 is 11.3 Å². The first-order valence-corrected chi connectivity index (χ1v) is 9.00. The standard InChI is InChI=1S/C18H22N6O/c19-20-16(25)17-7-12-6-13(8-17)10-18(9-12,11-17)24-22-15(21-23-24)14-4-2-1-3-5-14/h1-5,12-13H,6-11,19H2,(H,20,25)/t12-,13+,17?,18?. The van der Waals surface area contributed by atoms with Crippen molar-refractivity contribution in [2.45, 2.75) is 44.1 Å². The van der Waals surface area contributed by atoms with Crippen molar-refractivity contribution < 1.29 is 4.79 Å². The van der Waals surface area contributed by atoms with Crippen molar-refractivity contribution in [2.24, 2.45) is 23.1 Å². The molecule has 1 aromatic carbocycles. The molecule has 130 valence electrons. The molecule has 4 saturated carbocycles. The average Bonchev–Trinajstić information content (AvgIpc) is 3.12. The van der Waals surface area contributed by atoms with Gasteiger partial charge in [-0.15, -0.1) is 10.2 Å². The van der Waals surface area contributed by atoms with Crippen LogP contribution in [0.3, 0.4) is 0 Å². The van der Waals surface area contributed by atoms with Crippen LogP contribution in [0.5, 0.6) is 0 Å². The molecule has 4 aliphatic rings. The fourth-order valence-corrected chi connectivity index (χ4v) is 5.99. The molecule has 0 saturated heterocycles. The third kappa shape index (κ3) is 2.15. The summed E-state index contributed by atoms with van der Waals surface area (Å²) in [4.78, 5) is 14.4. The van der Waals surface area contributed by atoms with Gasteiger partial charge in [-0.3, -0.25) is 10.2 Å². The Balaban J connectivity index is 1.54. The summed E-state index contributed by atoms with van der Waals surface area (Å²) in [6.07, 6.45) is 5.92. The van der Waals surface area contributed by atoms with Crippen LogP contribution in [0.2, 0.25) is 0 Å². The van der Waals surface area contributed by atoms with E-state index in [0.29, 0.717) is 17.7 Å². The van der Waals surface area contributed by atoms with Gasteiger partial charge in [-0.2, -0.15) is 4.80 Å². The zero-order valence-corrected chi connectivity index (χ0v) is 14.1. The van der Waals surface area contributed by atoms with E-state index in [1.54, 1.807) is 0 Å². The van der Waals surface area contributed by atoms with Crippen LogP contribution in [0, 0.1) is 17.3 Å². The van der Waals surface area contributed by atoms with Gasteiger partial charge in [0.05, 0.1) is 11.0 Å². The predicted molar refractivity (Wildman–Crippen MR) is 90.7 cm³/mol. The number of rotatable bonds is 3. The molecule has 0 spiro atoms. The van der Waals surface area contributed by atoms with Crippen molar-refractivity contribution in [3.05, 3.63) is 30.3 Å². The van der Waals surface area contributed by atoms with Gasteiger partial charge in [0.15, 0.2) is 0 Å². The maximum absolute atomic E-state index is 12.6. The topological polar surface area (TPSA) is 98.7 Å². The van der Waals surface area contributed by atoms with Crippen LogP contribution in [-0.2, 0) is 10.3 Å². The van der Waals surface area contributed by atoms with Gasteiger partial charge in [0.1, 0.15) is 0 Å². The molecule has 7 heteroatoms.